The lowest BCUT2D eigenvalue weighted by molar-refractivity contribution is -0.139. The highest BCUT2D eigenvalue weighted by molar-refractivity contribution is 7.21. The largest absolute Gasteiger partial charge is 0.481 e. The molecule has 0 spiro atoms. The van der Waals surface area contributed by atoms with E-state index in [0.717, 1.165) is 15.8 Å². The monoisotopic (exact) mass is 418 g/mol. The zero-order valence-electron chi connectivity index (χ0n) is 16.1. The van der Waals surface area contributed by atoms with Crippen LogP contribution in [0.3, 0.4) is 0 Å². The number of fused-ring (bicyclic) bond motifs is 1. The third-order valence-corrected chi connectivity index (χ3v) is 5.57. The van der Waals surface area contributed by atoms with Gasteiger partial charge in [-0.1, -0.05) is 30.3 Å². The second-order valence-electron chi connectivity index (χ2n) is 6.65. The van der Waals surface area contributed by atoms with E-state index in [0.29, 0.717) is 27.6 Å². The van der Waals surface area contributed by atoms with Crippen LogP contribution in [0.25, 0.3) is 20.8 Å². The van der Waals surface area contributed by atoms with Gasteiger partial charge in [0.1, 0.15) is 10.8 Å². The van der Waals surface area contributed by atoms with Crippen LogP contribution < -0.4 is 10.1 Å². The average molecular weight is 418 g/mol. The van der Waals surface area contributed by atoms with Gasteiger partial charge in [0, 0.05) is 11.3 Å². The number of benzene rings is 3. The molecule has 0 saturated heterocycles. The summed E-state index contributed by atoms with van der Waals surface area (Å²) in [6, 6.07) is 20.2. The number of aryl methyl sites for hydroxylation is 1. The molecule has 0 unspecified atom stereocenters. The molecular formula is C23H18N2O4S. The van der Waals surface area contributed by atoms with Gasteiger partial charge in [0.25, 0.3) is 5.91 Å². The summed E-state index contributed by atoms with van der Waals surface area (Å²) < 4.78 is 6.47. The van der Waals surface area contributed by atoms with E-state index in [-0.39, 0.29) is 5.91 Å². The van der Waals surface area contributed by atoms with Crippen molar-refractivity contribution in [1.29, 1.82) is 0 Å². The first-order valence-corrected chi connectivity index (χ1v) is 10.0. The second kappa shape index (κ2) is 8.34. The summed E-state index contributed by atoms with van der Waals surface area (Å²) in [6.07, 6.45) is 0. The van der Waals surface area contributed by atoms with Gasteiger partial charge in [0.15, 0.2) is 6.61 Å². The van der Waals surface area contributed by atoms with Crippen LogP contribution in [0.4, 0.5) is 5.69 Å². The van der Waals surface area contributed by atoms with Crippen molar-refractivity contribution < 1.29 is 19.4 Å². The third-order valence-electron chi connectivity index (χ3n) is 4.50. The number of thiazole rings is 1. The molecule has 150 valence electrons. The summed E-state index contributed by atoms with van der Waals surface area (Å²) in [5, 5.41) is 12.6. The van der Waals surface area contributed by atoms with Crippen LogP contribution in [0.2, 0.25) is 0 Å². The van der Waals surface area contributed by atoms with Gasteiger partial charge in [0.05, 0.1) is 15.8 Å². The SMILES string of the molecule is Cc1ccccc1C(=O)Nc1ccc(OCC(=O)O)c(-c2nc3ccccc3s2)c1. The second-order valence-corrected chi connectivity index (χ2v) is 7.68. The van der Waals surface area contributed by atoms with Crippen LogP contribution in [0.5, 0.6) is 5.75 Å². The number of para-hydroxylation sites is 1. The minimum absolute atomic E-state index is 0.220. The van der Waals surface area contributed by atoms with Gasteiger partial charge in [0.2, 0.25) is 0 Å². The summed E-state index contributed by atoms with van der Waals surface area (Å²) in [6.45, 7) is 1.41. The van der Waals surface area contributed by atoms with Crippen LogP contribution in [-0.2, 0) is 4.79 Å². The predicted molar refractivity (Wildman–Crippen MR) is 117 cm³/mol. The van der Waals surface area contributed by atoms with E-state index in [1.165, 1.54) is 11.3 Å². The molecule has 0 saturated carbocycles. The molecule has 4 rings (SSSR count). The topological polar surface area (TPSA) is 88.5 Å². The van der Waals surface area contributed by atoms with Crippen molar-refractivity contribution in [3.8, 4) is 16.3 Å². The molecular weight excluding hydrogens is 400 g/mol. The lowest BCUT2D eigenvalue weighted by Crippen LogP contribution is -2.13. The molecule has 7 heteroatoms. The Labute approximate surface area is 176 Å². The van der Waals surface area contributed by atoms with Crippen molar-refractivity contribution in [1.82, 2.24) is 4.98 Å². The number of aliphatic carboxylic acids is 1. The summed E-state index contributed by atoms with van der Waals surface area (Å²) in [5.41, 5.74) is 3.50. The Kier molecular flexibility index (Phi) is 5.45. The number of carboxylic acid groups (broad SMARTS) is 1. The fourth-order valence-corrected chi connectivity index (χ4v) is 4.04. The van der Waals surface area contributed by atoms with Crippen molar-refractivity contribution >= 4 is 39.1 Å². The molecule has 0 radical (unpaired) electrons. The summed E-state index contributed by atoms with van der Waals surface area (Å²) in [4.78, 5) is 28.3. The molecule has 0 aliphatic carbocycles. The number of carbonyl (C=O) groups is 2. The highest BCUT2D eigenvalue weighted by atomic mass is 32.1. The fourth-order valence-electron chi connectivity index (χ4n) is 3.05. The van der Waals surface area contributed by atoms with E-state index in [9.17, 15) is 9.59 Å². The summed E-state index contributed by atoms with van der Waals surface area (Å²) >= 11 is 1.47. The Morgan fingerprint density at radius 3 is 2.60 bits per heavy atom. The quantitative estimate of drug-likeness (QED) is 0.461. The van der Waals surface area contributed by atoms with Gasteiger partial charge in [-0.25, -0.2) is 9.78 Å². The van der Waals surface area contributed by atoms with Gasteiger partial charge in [-0.2, -0.15) is 0 Å². The molecule has 1 aromatic heterocycles. The normalized spacial score (nSPS) is 10.7. The molecule has 3 aromatic carbocycles. The molecule has 1 amide bonds. The number of hydrogen-bond acceptors (Lipinski definition) is 5. The van der Waals surface area contributed by atoms with Gasteiger partial charge in [-0.05, 0) is 48.9 Å². The Balaban J connectivity index is 1.71. The fraction of sp³-hybridized carbons (Fsp3) is 0.0870. The number of anilines is 1. The van der Waals surface area contributed by atoms with Crippen molar-refractivity contribution in [2.75, 3.05) is 11.9 Å². The van der Waals surface area contributed by atoms with Crippen molar-refractivity contribution in [2.45, 2.75) is 6.92 Å². The molecule has 2 N–H and O–H groups in total. The van der Waals surface area contributed by atoms with E-state index in [4.69, 9.17) is 9.84 Å². The lowest BCUT2D eigenvalue weighted by Gasteiger charge is -2.12. The number of amides is 1. The van der Waals surface area contributed by atoms with E-state index in [1.807, 2.05) is 49.4 Å². The standard InChI is InChI=1S/C23H18N2O4S/c1-14-6-2-3-7-16(14)22(28)24-15-10-11-19(29-13-21(26)27)17(12-15)23-25-18-8-4-5-9-20(18)30-23/h2-12H,13H2,1H3,(H,24,28)(H,26,27). The van der Waals surface area contributed by atoms with Crippen LogP contribution >= 0.6 is 11.3 Å². The van der Waals surface area contributed by atoms with Crippen LogP contribution in [-0.4, -0.2) is 28.6 Å². The van der Waals surface area contributed by atoms with E-state index in [2.05, 4.69) is 10.3 Å². The lowest BCUT2D eigenvalue weighted by atomic mass is 10.1. The molecule has 0 bridgehead atoms. The zero-order chi connectivity index (χ0) is 21.1. The average Bonchev–Trinajstić information content (AvgIpc) is 3.17. The molecule has 6 nitrogen and oxygen atoms in total. The van der Waals surface area contributed by atoms with Gasteiger partial charge in [-0.15, -0.1) is 11.3 Å². The maximum atomic E-state index is 12.7. The van der Waals surface area contributed by atoms with E-state index < -0.39 is 12.6 Å². The summed E-state index contributed by atoms with van der Waals surface area (Å²) in [7, 11) is 0. The smallest absolute Gasteiger partial charge is 0.341 e. The Morgan fingerprint density at radius 1 is 1.07 bits per heavy atom. The molecule has 4 aromatic rings. The minimum Gasteiger partial charge on any atom is -0.481 e. The number of aromatic nitrogens is 1. The summed E-state index contributed by atoms with van der Waals surface area (Å²) in [5.74, 6) is -0.893. The molecule has 0 aliphatic heterocycles. The number of carbonyl (C=O) groups excluding carboxylic acids is 1. The molecule has 0 atom stereocenters. The maximum absolute atomic E-state index is 12.7. The number of nitrogens with one attached hydrogen (secondary N) is 1. The van der Waals surface area contributed by atoms with Gasteiger partial charge >= 0.3 is 5.97 Å². The first-order valence-electron chi connectivity index (χ1n) is 9.23. The first-order chi connectivity index (χ1) is 14.5. The van der Waals surface area contributed by atoms with Crippen molar-refractivity contribution in [3.63, 3.8) is 0 Å². The minimum atomic E-state index is -1.07. The first kappa shape index (κ1) is 19.6. The Bertz CT molecular complexity index is 1220. The van der Waals surface area contributed by atoms with Crippen molar-refractivity contribution in [3.05, 3.63) is 77.9 Å². The number of nitrogens with zero attached hydrogens (tertiary/aromatic N) is 1. The number of rotatable bonds is 6. The number of carboxylic acids is 1. The van der Waals surface area contributed by atoms with Gasteiger partial charge in [-0.3, -0.25) is 4.79 Å². The van der Waals surface area contributed by atoms with Crippen LogP contribution in [0.1, 0.15) is 15.9 Å². The maximum Gasteiger partial charge on any atom is 0.341 e. The van der Waals surface area contributed by atoms with Crippen LogP contribution in [0, 0.1) is 6.92 Å². The Morgan fingerprint density at radius 2 is 1.83 bits per heavy atom. The molecule has 0 aliphatic rings. The third kappa shape index (κ3) is 4.16. The highest BCUT2D eigenvalue weighted by Gasteiger charge is 2.16. The molecule has 0 fully saturated rings. The van der Waals surface area contributed by atoms with Gasteiger partial charge < -0.3 is 15.2 Å². The Hall–Kier alpha value is -3.71. The molecule has 1 heterocycles. The predicted octanol–water partition coefficient (Wildman–Crippen LogP) is 4.99. The van der Waals surface area contributed by atoms with Crippen LogP contribution in [0.15, 0.2) is 66.7 Å². The zero-order valence-corrected chi connectivity index (χ0v) is 16.9. The highest BCUT2D eigenvalue weighted by Crippen LogP contribution is 2.37. The van der Waals surface area contributed by atoms with Crippen molar-refractivity contribution in [2.24, 2.45) is 0 Å². The number of hydrogen-bond donors (Lipinski definition) is 2. The molecule has 30 heavy (non-hydrogen) atoms. The number of ether oxygens (including phenoxy) is 1. The van der Waals surface area contributed by atoms with E-state index >= 15 is 0 Å². The van der Waals surface area contributed by atoms with E-state index in [1.54, 1.807) is 24.3 Å².